The average Bonchev–Trinajstić information content (AvgIpc) is 3.27. The van der Waals surface area contributed by atoms with Crippen molar-refractivity contribution in [1.82, 2.24) is 30.3 Å². The number of hydrogen-bond donors (Lipinski definition) is 1. The highest BCUT2D eigenvalue weighted by Crippen LogP contribution is 2.24. The Bertz CT molecular complexity index is 909. The minimum Gasteiger partial charge on any atom is -0.337 e. The molecule has 8 heteroatoms. The number of aromatic nitrogens is 4. The summed E-state index contributed by atoms with van der Waals surface area (Å²) in [5.74, 6) is 0.818. The Hall–Kier alpha value is -3.29. The average molecular weight is 392 g/mol. The van der Waals surface area contributed by atoms with Crippen LogP contribution in [0.1, 0.15) is 43.7 Å². The summed E-state index contributed by atoms with van der Waals surface area (Å²) in [5.41, 5.74) is 1.65. The van der Waals surface area contributed by atoms with Crippen LogP contribution in [0.3, 0.4) is 0 Å². The summed E-state index contributed by atoms with van der Waals surface area (Å²) in [6.07, 6.45) is 10.7. The van der Waals surface area contributed by atoms with E-state index in [1.54, 1.807) is 18.6 Å². The van der Waals surface area contributed by atoms with Crippen molar-refractivity contribution in [3.63, 3.8) is 0 Å². The number of pyridine rings is 2. The van der Waals surface area contributed by atoms with Crippen LogP contribution < -0.4 is 5.32 Å². The summed E-state index contributed by atoms with van der Waals surface area (Å²) in [7, 11) is 0. The highest BCUT2D eigenvalue weighted by molar-refractivity contribution is 5.74. The van der Waals surface area contributed by atoms with Gasteiger partial charge >= 0.3 is 6.03 Å². The highest BCUT2D eigenvalue weighted by Gasteiger charge is 2.26. The van der Waals surface area contributed by atoms with E-state index in [0.717, 1.165) is 36.9 Å². The standard InChI is InChI=1S/C21H24N6O2/c28-21(24-14-19-25-20(26-29-19)16-7-6-11-22-13-16)27(18-9-2-1-3-10-18)15-17-8-4-5-12-23-17/h4-8,11-13,18H,1-3,9-10,14-15H2,(H,24,28). The molecule has 1 saturated carbocycles. The predicted molar refractivity (Wildman–Crippen MR) is 106 cm³/mol. The third-order valence-electron chi connectivity index (χ3n) is 5.11. The second-order valence-corrected chi connectivity index (χ2v) is 7.15. The van der Waals surface area contributed by atoms with Crippen molar-refractivity contribution >= 4 is 6.03 Å². The quantitative estimate of drug-likeness (QED) is 0.689. The Morgan fingerprint density at radius 3 is 2.79 bits per heavy atom. The van der Waals surface area contributed by atoms with E-state index in [4.69, 9.17) is 4.52 Å². The normalized spacial score (nSPS) is 14.5. The molecule has 1 aliphatic rings. The molecular weight excluding hydrogens is 368 g/mol. The first-order valence-corrected chi connectivity index (χ1v) is 9.97. The monoisotopic (exact) mass is 392 g/mol. The van der Waals surface area contributed by atoms with Crippen LogP contribution in [0.25, 0.3) is 11.4 Å². The zero-order valence-electron chi connectivity index (χ0n) is 16.2. The fourth-order valence-corrected chi connectivity index (χ4v) is 3.62. The molecule has 0 bridgehead atoms. The van der Waals surface area contributed by atoms with Gasteiger partial charge in [-0.2, -0.15) is 4.98 Å². The molecule has 3 heterocycles. The van der Waals surface area contributed by atoms with Gasteiger partial charge in [0.15, 0.2) is 0 Å². The number of nitrogens with zero attached hydrogens (tertiary/aromatic N) is 5. The molecule has 1 aliphatic carbocycles. The van der Waals surface area contributed by atoms with Crippen molar-refractivity contribution in [3.05, 3.63) is 60.5 Å². The number of amides is 2. The summed E-state index contributed by atoms with van der Waals surface area (Å²) < 4.78 is 5.28. The molecule has 0 saturated heterocycles. The molecule has 1 N–H and O–H groups in total. The predicted octanol–water partition coefficient (Wildman–Crippen LogP) is 3.57. The molecule has 3 aromatic rings. The maximum atomic E-state index is 13.0. The van der Waals surface area contributed by atoms with Gasteiger partial charge in [0.25, 0.3) is 0 Å². The summed E-state index contributed by atoms with van der Waals surface area (Å²) in [6.45, 7) is 0.666. The summed E-state index contributed by atoms with van der Waals surface area (Å²) in [4.78, 5) is 27.7. The molecule has 3 aromatic heterocycles. The third kappa shape index (κ3) is 4.96. The van der Waals surface area contributed by atoms with Gasteiger partial charge in [0.05, 0.1) is 18.8 Å². The summed E-state index contributed by atoms with van der Waals surface area (Å²) in [5, 5.41) is 6.89. The van der Waals surface area contributed by atoms with Crippen molar-refractivity contribution in [2.24, 2.45) is 0 Å². The fraction of sp³-hybridized carbons (Fsp3) is 0.381. The van der Waals surface area contributed by atoms with Gasteiger partial charge in [0.2, 0.25) is 11.7 Å². The van der Waals surface area contributed by atoms with Gasteiger partial charge in [0.1, 0.15) is 0 Å². The molecule has 29 heavy (non-hydrogen) atoms. The molecule has 4 rings (SSSR count). The summed E-state index contributed by atoms with van der Waals surface area (Å²) in [6, 6.07) is 9.52. The third-order valence-corrected chi connectivity index (χ3v) is 5.11. The van der Waals surface area contributed by atoms with Crippen molar-refractivity contribution < 1.29 is 9.32 Å². The van der Waals surface area contributed by atoms with Crippen LogP contribution >= 0.6 is 0 Å². The minimum absolute atomic E-state index is 0.135. The second kappa shape index (κ2) is 9.27. The zero-order valence-corrected chi connectivity index (χ0v) is 16.2. The fourth-order valence-electron chi connectivity index (χ4n) is 3.62. The number of hydrogen-bond acceptors (Lipinski definition) is 6. The Morgan fingerprint density at radius 2 is 2.03 bits per heavy atom. The smallest absolute Gasteiger partial charge is 0.318 e. The lowest BCUT2D eigenvalue weighted by atomic mass is 9.94. The van der Waals surface area contributed by atoms with Crippen LogP contribution in [0.2, 0.25) is 0 Å². The first-order chi connectivity index (χ1) is 14.3. The number of urea groups is 1. The van der Waals surface area contributed by atoms with Crippen LogP contribution in [-0.2, 0) is 13.1 Å². The van der Waals surface area contributed by atoms with Gasteiger partial charge in [-0.15, -0.1) is 0 Å². The number of carbonyl (C=O) groups excluding carboxylic acids is 1. The van der Waals surface area contributed by atoms with Gasteiger partial charge in [-0.1, -0.05) is 30.5 Å². The van der Waals surface area contributed by atoms with E-state index in [1.807, 2.05) is 35.2 Å². The van der Waals surface area contributed by atoms with E-state index in [-0.39, 0.29) is 18.6 Å². The van der Waals surface area contributed by atoms with Crippen LogP contribution in [0, 0.1) is 0 Å². The van der Waals surface area contributed by atoms with Gasteiger partial charge < -0.3 is 14.7 Å². The molecule has 0 unspecified atom stereocenters. The van der Waals surface area contributed by atoms with Crippen molar-refractivity contribution in [1.29, 1.82) is 0 Å². The Labute approximate surface area is 169 Å². The molecular formula is C21H24N6O2. The molecule has 2 amide bonds. The molecule has 0 radical (unpaired) electrons. The largest absolute Gasteiger partial charge is 0.337 e. The highest BCUT2D eigenvalue weighted by atomic mass is 16.5. The maximum Gasteiger partial charge on any atom is 0.318 e. The van der Waals surface area contributed by atoms with Crippen LogP contribution in [0.5, 0.6) is 0 Å². The SMILES string of the molecule is O=C(NCc1nc(-c2cccnc2)no1)N(Cc1ccccn1)C1CCCCC1. The van der Waals surface area contributed by atoms with E-state index in [1.165, 1.54) is 6.42 Å². The molecule has 8 nitrogen and oxygen atoms in total. The first kappa shape index (κ1) is 19.0. The Balaban J connectivity index is 1.41. The van der Waals surface area contributed by atoms with E-state index in [9.17, 15) is 4.79 Å². The lowest BCUT2D eigenvalue weighted by Gasteiger charge is -2.34. The number of rotatable bonds is 6. The van der Waals surface area contributed by atoms with Crippen LogP contribution in [0.4, 0.5) is 4.79 Å². The van der Waals surface area contributed by atoms with Crippen molar-refractivity contribution in [2.75, 3.05) is 0 Å². The van der Waals surface area contributed by atoms with Crippen molar-refractivity contribution in [2.45, 2.75) is 51.2 Å². The Kier molecular flexibility index (Phi) is 6.09. The maximum absolute atomic E-state index is 13.0. The topological polar surface area (TPSA) is 97.0 Å². The molecule has 0 spiro atoms. The zero-order chi connectivity index (χ0) is 19.9. The van der Waals surface area contributed by atoms with Crippen LogP contribution in [-0.4, -0.2) is 37.1 Å². The van der Waals surface area contributed by atoms with Gasteiger partial charge in [-0.05, 0) is 37.1 Å². The summed E-state index contributed by atoms with van der Waals surface area (Å²) >= 11 is 0. The lowest BCUT2D eigenvalue weighted by molar-refractivity contribution is 0.148. The molecule has 0 atom stereocenters. The minimum atomic E-state index is -0.135. The van der Waals surface area contributed by atoms with E-state index in [2.05, 4.69) is 25.4 Å². The molecule has 1 fully saturated rings. The van der Waals surface area contributed by atoms with Crippen molar-refractivity contribution in [3.8, 4) is 11.4 Å². The first-order valence-electron chi connectivity index (χ1n) is 9.97. The number of carbonyl (C=O) groups is 1. The van der Waals surface area contributed by atoms with Gasteiger partial charge in [0, 0.05) is 30.2 Å². The molecule has 0 aliphatic heterocycles. The Morgan fingerprint density at radius 1 is 1.14 bits per heavy atom. The molecule has 150 valence electrons. The van der Waals surface area contributed by atoms with E-state index < -0.39 is 0 Å². The molecule has 0 aromatic carbocycles. The second-order valence-electron chi connectivity index (χ2n) is 7.15. The van der Waals surface area contributed by atoms with Gasteiger partial charge in [-0.3, -0.25) is 9.97 Å². The number of nitrogens with one attached hydrogen (secondary N) is 1. The van der Waals surface area contributed by atoms with E-state index in [0.29, 0.717) is 18.3 Å². The van der Waals surface area contributed by atoms with Crippen LogP contribution in [0.15, 0.2) is 53.4 Å². The lowest BCUT2D eigenvalue weighted by Crippen LogP contribution is -2.46. The van der Waals surface area contributed by atoms with Gasteiger partial charge in [-0.25, -0.2) is 4.79 Å². The van der Waals surface area contributed by atoms with E-state index >= 15 is 0 Å².